The van der Waals surface area contributed by atoms with Gasteiger partial charge in [-0.1, -0.05) is 11.6 Å². The molecule has 176 valence electrons. The number of halogens is 1. The number of carbonyl (C=O) groups is 1. The van der Waals surface area contributed by atoms with Crippen molar-refractivity contribution in [2.24, 2.45) is 7.05 Å². The van der Waals surface area contributed by atoms with Crippen molar-refractivity contribution in [1.82, 2.24) is 18.8 Å². The number of hydrogen-bond acceptors (Lipinski definition) is 5. The molecule has 10 heteroatoms. The predicted molar refractivity (Wildman–Crippen MR) is 130 cm³/mol. The molecule has 0 spiro atoms. The largest absolute Gasteiger partial charge is 0.368 e. The zero-order valence-corrected chi connectivity index (χ0v) is 20.6. The molecule has 2 heterocycles. The Kier molecular flexibility index (Phi) is 6.65. The average molecular weight is 490 g/mol. The first-order valence-electron chi connectivity index (χ1n) is 10.8. The molecule has 1 aromatic heterocycles. The van der Waals surface area contributed by atoms with Gasteiger partial charge >= 0.3 is 0 Å². The Morgan fingerprint density at radius 3 is 2.36 bits per heavy atom. The summed E-state index contributed by atoms with van der Waals surface area (Å²) in [6.45, 7) is 2.91. The topological polar surface area (TPSA) is 78.8 Å². The lowest BCUT2D eigenvalue weighted by Crippen LogP contribution is -2.48. The van der Waals surface area contributed by atoms with Crippen molar-refractivity contribution in [3.63, 3.8) is 0 Å². The van der Waals surface area contributed by atoms with E-state index in [1.165, 1.54) is 18.4 Å². The molecule has 0 unspecified atom stereocenters. The van der Waals surface area contributed by atoms with Crippen LogP contribution < -0.4 is 4.90 Å². The van der Waals surface area contributed by atoms with Crippen LogP contribution in [0, 0.1) is 0 Å². The highest BCUT2D eigenvalue weighted by molar-refractivity contribution is 7.89. The van der Waals surface area contributed by atoms with E-state index >= 15 is 0 Å². The highest BCUT2D eigenvalue weighted by Crippen LogP contribution is 2.23. The maximum atomic E-state index is 12.8. The Morgan fingerprint density at radius 2 is 1.73 bits per heavy atom. The summed E-state index contributed by atoms with van der Waals surface area (Å²) in [5, 5.41) is 0.713. The monoisotopic (exact) mass is 489 g/mol. The number of nitrogens with zero attached hydrogens (tertiary/aromatic N) is 5. The molecule has 1 aliphatic heterocycles. The third-order valence-electron chi connectivity index (χ3n) is 6.11. The first-order valence-corrected chi connectivity index (χ1v) is 12.6. The minimum absolute atomic E-state index is 0.105. The van der Waals surface area contributed by atoms with Crippen LogP contribution in [0.1, 0.15) is 12.2 Å². The van der Waals surface area contributed by atoms with E-state index in [9.17, 15) is 13.2 Å². The average Bonchev–Trinajstić information content (AvgIpc) is 3.13. The minimum atomic E-state index is -3.53. The van der Waals surface area contributed by atoms with Gasteiger partial charge in [-0.25, -0.2) is 17.7 Å². The van der Waals surface area contributed by atoms with Crippen LogP contribution in [0.3, 0.4) is 0 Å². The zero-order valence-electron chi connectivity index (χ0n) is 19.0. The summed E-state index contributed by atoms with van der Waals surface area (Å²) in [6.07, 6.45) is 0.859. The first-order chi connectivity index (χ1) is 15.7. The maximum absolute atomic E-state index is 12.8. The van der Waals surface area contributed by atoms with Crippen LogP contribution >= 0.6 is 11.6 Å². The highest BCUT2D eigenvalue weighted by Gasteiger charge is 2.22. The second kappa shape index (κ2) is 9.32. The van der Waals surface area contributed by atoms with E-state index in [2.05, 4.69) is 9.88 Å². The van der Waals surface area contributed by atoms with Crippen molar-refractivity contribution in [3.05, 3.63) is 53.3 Å². The van der Waals surface area contributed by atoms with Gasteiger partial charge in [0, 0.05) is 70.9 Å². The zero-order chi connectivity index (χ0) is 23.8. The van der Waals surface area contributed by atoms with Gasteiger partial charge < -0.3 is 14.4 Å². The number of piperazine rings is 1. The number of aromatic nitrogens is 2. The second-order valence-electron chi connectivity index (χ2n) is 8.37. The van der Waals surface area contributed by atoms with Crippen LogP contribution in [-0.2, 0) is 28.3 Å². The Morgan fingerprint density at radius 1 is 1.06 bits per heavy atom. The molecular formula is C23H28ClN5O3S. The molecule has 3 aromatic rings. The van der Waals surface area contributed by atoms with Crippen molar-refractivity contribution in [1.29, 1.82) is 0 Å². The number of benzene rings is 2. The van der Waals surface area contributed by atoms with Crippen LogP contribution in [0.2, 0.25) is 5.02 Å². The van der Waals surface area contributed by atoms with Gasteiger partial charge in [0.15, 0.2) is 0 Å². The molecule has 4 rings (SSSR count). The van der Waals surface area contributed by atoms with Gasteiger partial charge in [0.1, 0.15) is 5.82 Å². The summed E-state index contributed by atoms with van der Waals surface area (Å²) in [7, 11) is 1.37. The SMILES string of the molecule is CN(C)S(=O)(=O)c1ccc2c(c1)nc(CCC(=O)N1CCN(c3ccc(Cl)cc3)CC1)n2C. The number of carbonyl (C=O) groups excluding carboxylic acids is 1. The van der Waals surface area contributed by atoms with Crippen molar-refractivity contribution >= 4 is 44.3 Å². The number of rotatable bonds is 6. The van der Waals surface area contributed by atoms with E-state index in [-0.39, 0.29) is 10.8 Å². The van der Waals surface area contributed by atoms with E-state index < -0.39 is 10.0 Å². The van der Waals surface area contributed by atoms with Crippen molar-refractivity contribution in [2.75, 3.05) is 45.2 Å². The van der Waals surface area contributed by atoms with E-state index in [0.717, 1.165) is 30.1 Å². The molecular weight excluding hydrogens is 462 g/mol. The quantitative estimate of drug-likeness (QED) is 0.532. The van der Waals surface area contributed by atoms with Crippen molar-refractivity contribution < 1.29 is 13.2 Å². The van der Waals surface area contributed by atoms with E-state index in [1.807, 2.05) is 40.8 Å². The molecule has 1 amide bonds. The first kappa shape index (κ1) is 23.5. The summed E-state index contributed by atoms with van der Waals surface area (Å²) in [4.78, 5) is 21.8. The fourth-order valence-corrected chi connectivity index (χ4v) is 5.12. The fraction of sp³-hybridized carbons (Fsp3) is 0.391. The van der Waals surface area contributed by atoms with Crippen LogP contribution in [0.4, 0.5) is 5.69 Å². The molecule has 1 fully saturated rings. The summed E-state index contributed by atoms with van der Waals surface area (Å²) >= 11 is 5.97. The standard InChI is InChI=1S/C23H28ClN5O3S/c1-26(2)33(31,32)19-8-9-21-20(16-19)25-22(27(21)3)10-11-23(30)29-14-12-28(13-15-29)18-6-4-17(24)5-7-18/h4-9,16H,10-15H2,1-3H3. The molecule has 0 saturated carbocycles. The van der Waals surface area contributed by atoms with Gasteiger partial charge in [-0.15, -0.1) is 0 Å². The van der Waals surface area contributed by atoms with Gasteiger partial charge in [0.05, 0.1) is 15.9 Å². The Bertz CT molecular complexity index is 1260. The van der Waals surface area contributed by atoms with E-state index in [1.54, 1.807) is 18.2 Å². The van der Waals surface area contributed by atoms with E-state index in [0.29, 0.717) is 36.5 Å². The van der Waals surface area contributed by atoms with Gasteiger partial charge in [-0.2, -0.15) is 0 Å². The molecule has 8 nitrogen and oxygen atoms in total. The van der Waals surface area contributed by atoms with Gasteiger partial charge in [-0.3, -0.25) is 4.79 Å². The maximum Gasteiger partial charge on any atom is 0.242 e. The summed E-state index contributed by atoms with van der Waals surface area (Å²) in [5.41, 5.74) is 2.56. The lowest BCUT2D eigenvalue weighted by Gasteiger charge is -2.36. The number of fused-ring (bicyclic) bond motifs is 1. The Balaban J connectivity index is 1.38. The molecule has 1 saturated heterocycles. The van der Waals surface area contributed by atoms with Crippen LogP contribution in [0.25, 0.3) is 11.0 Å². The number of hydrogen-bond donors (Lipinski definition) is 0. The molecule has 2 aromatic carbocycles. The lowest BCUT2D eigenvalue weighted by atomic mass is 10.2. The smallest absolute Gasteiger partial charge is 0.242 e. The van der Waals surface area contributed by atoms with Crippen molar-refractivity contribution in [2.45, 2.75) is 17.7 Å². The number of amides is 1. The fourth-order valence-electron chi connectivity index (χ4n) is 4.07. The number of anilines is 1. The third-order valence-corrected chi connectivity index (χ3v) is 8.17. The summed E-state index contributed by atoms with van der Waals surface area (Å²) < 4.78 is 27.9. The molecule has 0 atom stereocenters. The van der Waals surface area contributed by atoms with Crippen molar-refractivity contribution in [3.8, 4) is 0 Å². The number of imidazole rings is 1. The minimum Gasteiger partial charge on any atom is -0.368 e. The lowest BCUT2D eigenvalue weighted by molar-refractivity contribution is -0.131. The third kappa shape index (κ3) is 4.85. The normalized spacial score (nSPS) is 14.9. The number of aryl methyl sites for hydroxylation is 2. The summed E-state index contributed by atoms with van der Waals surface area (Å²) in [5.74, 6) is 0.867. The summed E-state index contributed by atoms with van der Waals surface area (Å²) in [6, 6.07) is 12.7. The van der Waals surface area contributed by atoms with Crippen LogP contribution in [-0.4, -0.2) is 73.4 Å². The molecule has 0 N–H and O–H groups in total. The second-order valence-corrected chi connectivity index (χ2v) is 11.0. The predicted octanol–water partition coefficient (Wildman–Crippen LogP) is 2.76. The molecule has 33 heavy (non-hydrogen) atoms. The Labute approximate surface area is 199 Å². The molecule has 1 aliphatic rings. The van der Waals surface area contributed by atoms with Gasteiger partial charge in [0.2, 0.25) is 15.9 Å². The molecule has 0 radical (unpaired) electrons. The molecule has 0 aliphatic carbocycles. The Hall–Kier alpha value is -2.62. The highest BCUT2D eigenvalue weighted by atomic mass is 35.5. The molecule has 0 bridgehead atoms. The van der Waals surface area contributed by atoms with E-state index in [4.69, 9.17) is 11.6 Å². The van der Waals surface area contributed by atoms with Crippen LogP contribution in [0.5, 0.6) is 0 Å². The van der Waals surface area contributed by atoms with Gasteiger partial charge in [0.25, 0.3) is 0 Å². The number of sulfonamides is 1. The van der Waals surface area contributed by atoms with Crippen LogP contribution in [0.15, 0.2) is 47.4 Å². The van der Waals surface area contributed by atoms with Gasteiger partial charge in [-0.05, 0) is 42.5 Å².